The first-order chi connectivity index (χ1) is 7.10. The predicted octanol–water partition coefficient (Wildman–Crippen LogP) is 2.02. The SMILES string of the molecule is CCCC(N)=NCC1(N(C)C)CCCC1. The fourth-order valence-electron chi connectivity index (χ4n) is 2.36. The van der Waals surface area contributed by atoms with Gasteiger partial charge in [0, 0.05) is 12.0 Å². The Morgan fingerprint density at radius 2 is 1.93 bits per heavy atom. The molecule has 3 heteroatoms. The van der Waals surface area contributed by atoms with Gasteiger partial charge in [0.1, 0.15) is 0 Å². The maximum atomic E-state index is 5.85. The number of nitrogens with zero attached hydrogens (tertiary/aromatic N) is 2. The minimum atomic E-state index is 0.290. The lowest BCUT2D eigenvalue weighted by Crippen LogP contribution is -2.44. The second-order valence-corrected chi connectivity index (χ2v) is 4.88. The molecule has 3 nitrogen and oxygen atoms in total. The summed E-state index contributed by atoms with van der Waals surface area (Å²) in [6.07, 6.45) is 7.22. The van der Waals surface area contributed by atoms with Crippen LogP contribution in [0.25, 0.3) is 0 Å². The molecule has 0 spiro atoms. The first-order valence-electron chi connectivity index (χ1n) is 6.07. The van der Waals surface area contributed by atoms with Crippen LogP contribution in [0.15, 0.2) is 4.99 Å². The number of likely N-dealkylation sites (N-methyl/N-ethyl adjacent to an activating group) is 1. The Morgan fingerprint density at radius 3 is 2.40 bits per heavy atom. The van der Waals surface area contributed by atoms with Gasteiger partial charge in [0.05, 0.1) is 12.4 Å². The van der Waals surface area contributed by atoms with E-state index in [1.807, 2.05) is 0 Å². The van der Waals surface area contributed by atoms with Gasteiger partial charge >= 0.3 is 0 Å². The van der Waals surface area contributed by atoms with Crippen molar-refractivity contribution in [1.29, 1.82) is 0 Å². The fourth-order valence-corrected chi connectivity index (χ4v) is 2.36. The lowest BCUT2D eigenvalue weighted by molar-refractivity contribution is 0.167. The molecule has 0 unspecified atom stereocenters. The van der Waals surface area contributed by atoms with Gasteiger partial charge in [-0.2, -0.15) is 0 Å². The van der Waals surface area contributed by atoms with Crippen LogP contribution in [0.4, 0.5) is 0 Å². The number of nitrogens with two attached hydrogens (primary N) is 1. The number of hydrogen-bond donors (Lipinski definition) is 1. The largest absolute Gasteiger partial charge is 0.387 e. The van der Waals surface area contributed by atoms with Crippen molar-refractivity contribution in [2.75, 3.05) is 20.6 Å². The van der Waals surface area contributed by atoms with Crippen molar-refractivity contribution in [3.05, 3.63) is 0 Å². The van der Waals surface area contributed by atoms with E-state index < -0.39 is 0 Å². The van der Waals surface area contributed by atoms with E-state index in [0.29, 0.717) is 5.54 Å². The molecule has 0 aromatic heterocycles. The highest BCUT2D eigenvalue weighted by Crippen LogP contribution is 2.33. The van der Waals surface area contributed by atoms with Crippen molar-refractivity contribution in [3.8, 4) is 0 Å². The molecule has 0 bridgehead atoms. The highest BCUT2D eigenvalue weighted by Gasteiger charge is 2.35. The van der Waals surface area contributed by atoms with Crippen LogP contribution in [0.3, 0.4) is 0 Å². The molecule has 88 valence electrons. The van der Waals surface area contributed by atoms with Crippen LogP contribution < -0.4 is 5.73 Å². The molecule has 0 saturated heterocycles. The normalized spacial score (nSPS) is 21.2. The molecule has 1 aliphatic rings. The van der Waals surface area contributed by atoms with E-state index in [1.165, 1.54) is 25.7 Å². The molecule has 1 aliphatic carbocycles. The van der Waals surface area contributed by atoms with Crippen LogP contribution >= 0.6 is 0 Å². The summed E-state index contributed by atoms with van der Waals surface area (Å²) in [7, 11) is 4.33. The molecule has 0 heterocycles. The van der Waals surface area contributed by atoms with Crippen molar-refractivity contribution >= 4 is 5.84 Å². The Hall–Kier alpha value is -0.570. The van der Waals surface area contributed by atoms with Crippen molar-refractivity contribution in [2.45, 2.75) is 51.0 Å². The number of rotatable bonds is 5. The zero-order valence-electron chi connectivity index (χ0n) is 10.4. The topological polar surface area (TPSA) is 41.6 Å². The van der Waals surface area contributed by atoms with E-state index in [9.17, 15) is 0 Å². The first kappa shape index (κ1) is 12.5. The molecule has 0 aliphatic heterocycles. The Labute approximate surface area is 93.7 Å². The van der Waals surface area contributed by atoms with E-state index >= 15 is 0 Å². The average molecular weight is 211 g/mol. The summed E-state index contributed by atoms with van der Waals surface area (Å²) >= 11 is 0. The summed E-state index contributed by atoms with van der Waals surface area (Å²) in [5.41, 5.74) is 6.14. The molecule has 0 atom stereocenters. The van der Waals surface area contributed by atoms with Gasteiger partial charge in [0.25, 0.3) is 0 Å². The van der Waals surface area contributed by atoms with Gasteiger partial charge in [-0.15, -0.1) is 0 Å². The maximum absolute atomic E-state index is 5.85. The number of amidine groups is 1. The molecule has 0 aromatic carbocycles. The standard InChI is InChI=1S/C12H25N3/c1-4-7-11(13)14-10-12(15(2)3)8-5-6-9-12/h4-10H2,1-3H3,(H2,13,14). The van der Waals surface area contributed by atoms with Crippen LogP contribution in [0, 0.1) is 0 Å². The molecule has 0 aromatic rings. The van der Waals surface area contributed by atoms with Gasteiger partial charge in [-0.25, -0.2) is 0 Å². The molecular formula is C12H25N3. The summed E-state index contributed by atoms with van der Waals surface area (Å²) < 4.78 is 0. The molecule has 2 N–H and O–H groups in total. The van der Waals surface area contributed by atoms with Crippen LogP contribution in [0.1, 0.15) is 45.4 Å². The van der Waals surface area contributed by atoms with Gasteiger partial charge < -0.3 is 10.6 Å². The molecule has 0 radical (unpaired) electrons. The molecule has 0 amide bonds. The van der Waals surface area contributed by atoms with Crippen LogP contribution in [0.5, 0.6) is 0 Å². The first-order valence-corrected chi connectivity index (χ1v) is 6.07. The Balaban J connectivity index is 2.56. The second-order valence-electron chi connectivity index (χ2n) is 4.88. The summed E-state index contributed by atoms with van der Waals surface area (Å²) in [6, 6.07) is 0. The molecule has 1 fully saturated rings. The maximum Gasteiger partial charge on any atom is 0.0937 e. The van der Waals surface area contributed by atoms with Gasteiger partial charge in [-0.3, -0.25) is 4.99 Å². The summed E-state index contributed by atoms with van der Waals surface area (Å²) in [5, 5.41) is 0. The van der Waals surface area contributed by atoms with E-state index in [2.05, 4.69) is 30.9 Å². The highest BCUT2D eigenvalue weighted by molar-refractivity contribution is 5.80. The quantitative estimate of drug-likeness (QED) is 0.558. The minimum Gasteiger partial charge on any atom is -0.387 e. The highest BCUT2D eigenvalue weighted by atomic mass is 15.2. The van der Waals surface area contributed by atoms with Crippen molar-refractivity contribution in [2.24, 2.45) is 10.7 Å². The Bertz CT molecular complexity index is 215. The van der Waals surface area contributed by atoms with E-state index in [0.717, 1.165) is 25.2 Å². The van der Waals surface area contributed by atoms with Crippen LogP contribution in [-0.2, 0) is 0 Å². The van der Waals surface area contributed by atoms with Gasteiger partial charge in [-0.05, 0) is 33.4 Å². The predicted molar refractivity (Wildman–Crippen MR) is 66.3 cm³/mol. The summed E-state index contributed by atoms with van der Waals surface area (Å²) in [4.78, 5) is 6.88. The third-order valence-corrected chi connectivity index (χ3v) is 3.57. The van der Waals surface area contributed by atoms with Crippen LogP contribution in [0.2, 0.25) is 0 Å². The Morgan fingerprint density at radius 1 is 1.33 bits per heavy atom. The lowest BCUT2D eigenvalue weighted by atomic mass is 9.96. The van der Waals surface area contributed by atoms with Gasteiger partial charge in [-0.1, -0.05) is 19.8 Å². The lowest BCUT2D eigenvalue weighted by Gasteiger charge is -2.35. The van der Waals surface area contributed by atoms with Crippen LogP contribution in [-0.4, -0.2) is 36.9 Å². The van der Waals surface area contributed by atoms with Crippen molar-refractivity contribution < 1.29 is 0 Å². The van der Waals surface area contributed by atoms with E-state index in [4.69, 9.17) is 5.73 Å². The third kappa shape index (κ3) is 3.20. The average Bonchev–Trinajstić information content (AvgIpc) is 2.65. The molecular weight excluding hydrogens is 186 g/mol. The Kier molecular flexibility index (Phi) is 4.58. The van der Waals surface area contributed by atoms with Crippen molar-refractivity contribution in [1.82, 2.24) is 4.90 Å². The van der Waals surface area contributed by atoms with E-state index in [1.54, 1.807) is 0 Å². The summed E-state index contributed by atoms with van der Waals surface area (Å²) in [5.74, 6) is 0.825. The van der Waals surface area contributed by atoms with Gasteiger partial charge in [0.15, 0.2) is 0 Å². The molecule has 1 rings (SSSR count). The second kappa shape index (κ2) is 5.50. The molecule has 15 heavy (non-hydrogen) atoms. The minimum absolute atomic E-state index is 0.290. The van der Waals surface area contributed by atoms with E-state index in [-0.39, 0.29) is 0 Å². The fraction of sp³-hybridized carbons (Fsp3) is 0.917. The van der Waals surface area contributed by atoms with Crippen molar-refractivity contribution in [3.63, 3.8) is 0 Å². The molecule has 1 saturated carbocycles. The zero-order chi connectivity index (χ0) is 11.3. The smallest absolute Gasteiger partial charge is 0.0937 e. The van der Waals surface area contributed by atoms with Gasteiger partial charge in [0.2, 0.25) is 0 Å². The monoisotopic (exact) mass is 211 g/mol. The zero-order valence-corrected chi connectivity index (χ0v) is 10.4. The number of hydrogen-bond acceptors (Lipinski definition) is 2. The third-order valence-electron chi connectivity index (χ3n) is 3.57. The summed E-state index contributed by atoms with van der Waals surface area (Å²) in [6.45, 7) is 3.02. The number of aliphatic imine (C=N–C) groups is 1.